The standard InChI is InChI=1S/C14H12BrNO/c15-12-6-3-5-10(8-12)14-16-13-7-2-1-4-11(13)9-17-14/h1-8,14,16H,9H2. The van der Waals surface area contributed by atoms with Gasteiger partial charge in [0.15, 0.2) is 6.23 Å². The first-order valence-corrected chi connectivity index (χ1v) is 6.34. The molecule has 0 saturated carbocycles. The van der Waals surface area contributed by atoms with Gasteiger partial charge in [-0.15, -0.1) is 0 Å². The molecule has 1 aliphatic rings. The molecule has 2 nitrogen and oxygen atoms in total. The molecule has 1 atom stereocenters. The maximum Gasteiger partial charge on any atom is 0.154 e. The van der Waals surface area contributed by atoms with E-state index in [4.69, 9.17) is 4.74 Å². The number of halogens is 1. The fourth-order valence-corrected chi connectivity index (χ4v) is 2.41. The van der Waals surface area contributed by atoms with Gasteiger partial charge in [0.2, 0.25) is 0 Å². The molecule has 3 rings (SSSR count). The fraction of sp³-hybridized carbons (Fsp3) is 0.143. The summed E-state index contributed by atoms with van der Waals surface area (Å²) in [5, 5.41) is 3.40. The van der Waals surface area contributed by atoms with Gasteiger partial charge in [-0.1, -0.05) is 46.3 Å². The lowest BCUT2D eigenvalue weighted by molar-refractivity contribution is 0.0507. The molecule has 86 valence electrons. The van der Waals surface area contributed by atoms with Crippen LogP contribution >= 0.6 is 15.9 Å². The van der Waals surface area contributed by atoms with E-state index in [1.165, 1.54) is 5.56 Å². The second-order valence-electron chi connectivity index (χ2n) is 4.05. The Hall–Kier alpha value is -1.32. The van der Waals surface area contributed by atoms with Gasteiger partial charge in [0.05, 0.1) is 6.61 Å². The summed E-state index contributed by atoms with van der Waals surface area (Å²) >= 11 is 3.48. The molecule has 1 aliphatic heterocycles. The highest BCUT2D eigenvalue weighted by molar-refractivity contribution is 9.10. The van der Waals surface area contributed by atoms with Crippen LogP contribution < -0.4 is 5.32 Å². The van der Waals surface area contributed by atoms with Crippen LogP contribution in [0.1, 0.15) is 17.4 Å². The second kappa shape index (κ2) is 4.51. The van der Waals surface area contributed by atoms with Crippen molar-refractivity contribution in [3.05, 3.63) is 64.1 Å². The van der Waals surface area contributed by atoms with Crippen molar-refractivity contribution < 1.29 is 4.74 Å². The monoisotopic (exact) mass is 289 g/mol. The van der Waals surface area contributed by atoms with Gasteiger partial charge in [-0.25, -0.2) is 0 Å². The van der Waals surface area contributed by atoms with Gasteiger partial charge in [-0.05, 0) is 18.2 Å². The first-order valence-electron chi connectivity index (χ1n) is 5.54. The van der Waals surface area contributed by atoms with E-state index >= 15 is 0 Å². The number of hydrogen-bond donors (Lipinski definition) is 1. The van der Waals surface area contributed by atoms with Crippen molar-refractivity contribution in [1.82, 2.24) is 0 Å². The van der Waals surface area contributed by atoms with E-state index in [1.807, 2.05) is 24.3 Å². The maximum absolute atomic E-state index is 5.81. The molecule has 2 aromatic rings. The highest BCUT2D eigenvalue weighted by atomic mass is 79.9. The first-order chi connectivity index (χ1) is 8.33. The molecule has 0 aliphatic carbocycles. The molecule has 1 N–H and O–H groups in total. The van der Waals surface area contributed by atoms with Crippen molar-refractivity contribution >= 4 is 21.6 Å². The van der Waals surface area contributed by atoms with Crippen molar-refractivity contribution in [2.45, 2.75) is 12.8 Å². The summed E-state index contributed by atoms with van der Waals surface area (Å²) in [4.78, 5) is 0. The zero-order valence-corrected chi connectivity index (χ0v) is 10.8. The Balaban J connectivity index is 1.89. The minimum absolute atomic E-state index is 0.0672. The minimum Gasteiger partial charge on any atom is -0.356 e. The Morgan fingerprint density at radius 1 is 1.12 bits per heavy atom. The summed E-state index contributed by atoms with van der Waals surface area (Å²) in [7, 11) is 0. The quantitative estimate of drug-likeness (QED) is 0.854. The van der Waals surface area contributed by atoms with Gasteiger partial charge < -0.3 is 10.1 Å². The molecule has 0 bridgehead atoms. The number of anilines is 1. The van der Waals surface area contributed by atoms with Gasteiger partial charge in [-0.2, -0.15) is 0 Å². The van der Waals surface area contributed by atoms with Crippen LogP contribution in [0.15, 0.2) is 53.0 Å². The van der Waals surface area contributed by atoms with Crippen LogP contribution in [-0.4, -0.2) is 0 Å². The van der Waals surface area contributed by atoms with Gasteiger partial charge >= 0.3 is 0 Å². The van der Waals surface area contributed by atoms with E-state index in [0.717, 1.165) is 15.7 Å². The number of hydrogen-bond acceptors (Lipinski definition) is 2. The average molecular weight is 290 g/mol. The summed E-state index contributed by atoms with van der Waals surface area (Å²) in [6, 6.07) is 16.4. The SMILES string of the molecule is Brc1cccc(C2Nc3ccccc3CO2)c1. The Morgan fingerprint density at radius 3 is 2.88 bits per heavy atom. The number of benzene rings is 2. The number of rotatable bonds is 1. The van der Waals surface area contributed by atoms with Crippen LogP contribution in [0.4, 0.5) is 5.69 Å². The van der Waals surface area contributed by atoms with Gasteiger partial charge in [0.25, 0.3) is 0 Å². The second-order valence-corrected chi connectivity index (χ2v) is 4.96. The first kappa shape index (κ1) is 10.8. The van der Waals surface area contributed by atoms with Crippen molar-refractivity contribution in [2.24, 2.45) is 0 Å². The van der Waals surface area contributed by atoms with E-state index in [-0.39, 0.29) is 6.23 Å². The summed E-state index contributed by atoms with van der Waals surface area (Å²) in [5.74, 6) is 0. The van der Waals surface area contributed by atoms with Crippen LogP contribution in [0.25, 0.3) is 0 Å². The topological polar surface area (TPSA) is 21.3 Å². The van der Waals surface area contributed by atoms with E-state index in [2.05, 4.69) is 45.5 Å². The van der Waals surface area contributed by atoms with Crippen LogP contribution in [0, 0.1) is 0 Å². The molecule has 2 aromatic carbocycles. The minimum atomic E-state index is -0.0672. The average Bonchev–Trinajstić information content (AvgIpc) is 2.38. The van der Waals surface area contributed by atoms with Gasteiger partial charge in [0, 0.05) is 21.3 Å². The van der Waals surface area contributed by atoms with E-state index in [9.17, 15) is 0 Å². The molecule has 17 heavy (non-hydrogen) atoms. The predicted octanol–water partition coefficient (Wildman–Crippen LogP) is 4.09. The zero-order valence-electron chi connectivity index (χ0n) is 9.19. The van der Waals surface area contributed by atoms with Gasteiger partial charge in [0.1, 0.15) is 0 Å². The summed E-state index contributed by atoms with van der Waals surface area (Å²) in [6.45, 7) is 0.653. The third-order valence-electron chi connectivity index (χ3n) is 2.86. The third-order valence-corrected chi connectivity index (χ3v) is 3.35. The predicted molar refractivity (Wildman–Crippen MR) is 71.7 cm³/mol. The van der Waals surface area contributed by atoms with E-state index < -0.39 is 0 Å². The molecule has 1 unspecified atom stereocenters. The third kappa shape index (κ3) is 2.21. The molecule has 1 heterocycles. The van der Waals surface area contributed by atoms with Crippen molar-refractivity contribution in [2.75, 3.05) is 5.32 Å². The summed E-state index contributed by atoms with van der Waals surface area (Å²) < 4.78 is 6.88. The summed E-state index contributed by atoms with van der Waals surface area (Å²) in [5.41, 5.74) is 3.50. The molecular weight excluding hydrogens is 278 g/mol. The largest absolute Gasteiger partial charge is 0.356 e. The molecule has 3 heteroatoms. The number of ether oxygens (including phenoxy) is 1. The lowest BCUT2D eigenvalue weighted by Crippen LogP contribution is -2.20. The van der Waals surface area contributed by atoms with E-state index in [1.54, 1.807) is 0 Å². The Morgan fingerprint density at radius 2 is 2.00 bits per heavy atom. The van der Waals surface area contributed by atoms with E-state index in [0.29, 0.717) is 6.61 Å². The maximum atomic E-state index is 5.81. The molecule has 0 saturated heterocycles. The fourth-order valence-electron chi connectivity index (χ4n) is 1.99. The van der Waals surface area contributed by atoms with Crippen LogP contribution in [0.2, 0.25) is 0 Å². The lowest BCUT2D eigenvalue weighted by atomic mass is 10.1. The van der Waals surface area contributed by atoms with Crippen LogP contribution in [0.3, 0.4) is 0 Å². The smallest absolute Gasteiger partial charge is 0.154 e. The molecule has 0 aromatic heterocycles. The van der Waals surface area contributed by atoms with Crippen molar-refractivity contribution in [3.63, 3.8) is 0 Å². The normalized spacial score (nSPS) is 18.3. The Bertz CT molecular complexity index is 541. The molecule has 0 fully saturated rings. The summed E-state index contributed by atoms with van der Waals surface area (Å²) in [6.07, 6.45) is -0.0672. The molecule has 0 radical (unpaired) electrons. The number of para-hydroxylation sites is 1. The molecule has 0 amide bonds. The van der Waals surface area contributed by atoms with Crippen molar-refractivity contribution in [1.29, 1.82) is 0 Å². The van der Waals surface area contributed by atoms with Crippen LogP contribution in [-0.2, 0) is 11.3 Å². The lowest BCUT2D eigenvalue weighted by Gasteiger charge is -2.27. The zero-order chi connectivity index (χ0) is 11.7. The Labute approximate surface area is 109 Å². The van der Waals surface area contributed by atoms with Crippen LogP contribution in [0.5, 0.6) is 0 Å². The molecule has 0 spiro atoms. The number of nitrogens with one attached hydrogen (secondary N) is 1. The van der Waals surface area contributed by atoms with Crippen molar-refractivity contribution in [3.8, 4) is 0 Å². The van der Waals surface area contributed by atoms with Gasteiger partial charge in [-0.3, -0.25) is 0 Å². The number of fused-ring (bicyclic) bond motifs is 1. The molecular formula is C14H12BrNO. The highest BCUT2D eigenvalue weighted by Crippen LogP contribution is 2.31. The highest BCUT2D eigenvalue weighted by Gasteiger charge is 2.18. The Kier molecular flexibility index (Phi) is 2.87.